The lowest BCUT2D eigenvalue weighted by Gasteiger charge is -2.11. The lowest BCUT2D eigenvalue weighted by molar-refractivity contribution is -0.122. The molecular formula is C21H22N2O2S. The van der Waals surface area contributed by atoms with Crippen LogP contribution >= 0.6 is 12.2 Å². The van der Waals surface area contributed by atoms with Crippen molar-refractivity contribution in [3.05, 3.63) is 70.9 Å². The van der Waals surface area contributed by atoms with Gasteiger partial charge in [-0.15, -0.1) is 0 Å². The van der Waals surface area contributed by atoms with Crippen molar-refractivity contribution in [1.29, 1.82) is 0 Å². The molecule has 2 aromatic rings. The molecule has 1 N–H and O–H groups in total. The van der Waals surface area contributed by atoms with Crippen molar-refractivity contribution < 1.29 is 9.53 Å². The van der Waals surface area contributed by atoms with Gasteiger partial charge in [-0.3, -0.25) is 9.69 Å². The molecule has 26 heavy (non-hydrogen) atoms. The van der Waals surface area contributed by atoms with E-state index >= 15 is 0 Å². The lowest BCUT2D eigenvalue weighted by Crippen LogP contribution is -2.31. The van der Waals surface area contributed by atoms with Crippen LogP contribution in [0.15, 0.2) is 54.2 Å². The maximum Gasteiger partial charge on any atom is 0.276 e. The minimum atomic E-state index is -0.0726. The fraction of sp³-hybridized carbons (Fsp3) is 0.238. The fourth-order valence-electron chi connectivity index (χ4n) is 2.68. The minimum absolute atomic E-state index is 0.0726. The van der Waals surface area contributed by atoms with Crippen molar-refractivity contribution >= 4 is 29.3 Å². The predicted octanol–water partition coefficient (Wildman–Crippen LogP) is 4.04. The number of hydrogen-bond donors (Lipinski definition) is 1. The highest BCUT2D eigenvalue weighted by Gasteiger charge is 2.29. The van der Waals surface area contributed by atoms with Gasteiger partial charge in [0, 0.05) is 6.54 Å². The molecule has 1 heterocycles. The molecule has 0 aromatic heterocycles. The van der Waals surface area contributed by atoms with Crippen LogP contribution in [0.1, 0.15) is 30.0 Å². The third kappa shape index (κ3) is 4.29. The number of nitrogens with zero attached hydrogens (tertiary/aromatic N) is 1. The Kier molecular flexibility index (Phi) is 5.68. The predicted molar refractivity (Wildman–Crippen MR) is 108 cm³/mol. The summed E-state index contributed by atoms with van der Waals surface area (Å²) in [4.78, 5) is 13.9. The van der Waals surface area contributed by atoms with Gasteiger partial charge in [0.05, 0.1) is 0 Å². The van der Waals surface area contributed by atoms with E-state index in [-0.39, 0.29) is 5.91 Å². The Morgan fingerprint density at radius 2 is 1.81 bits per heavy atom. The highest BCUT2D eigenvalue weighted by atomic mass is 32.1. The molecule has 3 rings (SSSR count). The molecule has 1 aliphatic rings. The molecule has 0 aliphatic carbocycles. The summed E-state index contributed by atoms with van der Waals surface area (Å²) < 4.78 is 5.81. The number of carbonyl (C=O) groups excluding carboxylic acids is 1. The summed E-state index contributed by atoms with van der Waals surface area (Å²) in [6, 6.07) is 15.9. The Balaban J connectivity index is 1.63. The maximum atomic E-state index is 12.3. The van der Waals surface area contributed by atoms with Crippen LogP contribution in [0.2, 0.25) is 0 Å². The largest absolute Gasteiger partial charge is 0.489 e. The van der Waals surface area contributed by atoms with E-state index in [0.717, 1.165) is 23.3 Å². The third-order valence-corrected chi connectivity index (χ3v) is 4.45. The normalized spacial score (nSPS) is 15.5. The van der Waals surface area contributed by atoms with Crippen LogP contribution in [0.25, 0.3) is 6.08 Å². The van der Waals surface area contributed by atoms with E-state index in [9.17, 15) is 4.79 Å². The molecular weight excluding hydrogens is 344 g/mol. The number of benzene rings is 2. The number of ether oxygens (including phenoxy) is 1. The van der Waals surface area contributed by atoms with Crippen LogP contribution in [0, 0.1) is 6.92 Å². The van der Waals surface area contributed by atoms with Gasteiger partial charge in [-0.05, 0) is 54.9 Å². The SMILES string of the molecule is CCCN1C(=O)/C(=C/c2ccc(OCc3ccc(C)cc3)cc2)NC1=S. The first kappa shape index (κ1) is 18.1. The van der Waals surface area contributed by atoms with Crippen LogP contribution in [0.5, 0.6) is 5.75 Å². The van der Waals surface area contributed by atoms with Gasteiger partial charge in [0.25, 0.3) is 5.91 Å². The molecule has 1 amide bonds. The average molecular weight is 366 g/mol. The Morgan fingerprint density at radius 1 is 1.12 bits per heavy atom. The summed E-state index contributed by atoms with van der Waals surface area (Å²) in [6.07, 6.45) is 2.68. The van der Waals surface area contributed by atoms with E-state index in [2.05, 4.69) is 36.5 Å². The molecule has 0 atom stereocenters. The number of carbonyl (C=O) groups is 1. The second kappa shape index (κ2) is 8.15. The highest BCUT2D eigenvalue weighted by Crippen LogP contribution is 2.18. The van der Waals surface area contributed by atoms with Crippen molar-refractivity contribution in [2.45, 2.75) is 26.9 Å². The molecule has 0 saturated carbocycles. The number of nitrogens with one attached hydrogen (secondary N) is 1. The topological polar surface area (TPSA) is 41.6 Å². The quantitative estimate of drug-likeness (QED) is 0.619. The Hall–Kier alpha value is -2.66. The second-order valence-electron chi connectivity index (χ2n) is 6.29. The average Bonchev–Trinajstić information content (AvgIpc) is 2.90. The van der Waals surface area contributed by atoms with Crippen LogP contribution < -0.4 is 10.1 Å². The van der Waals surface area contributed by atoms with Crippen molar-refractivity contribution in [3.8, 4) is 5.75 Å². The van der Waals surface area contributed by atoms with Gasteiger partial charge in [-0.25, -0.2) is 0 Å². The summed E-state index contributed by atoms with van der Waals surface area (Å²) in [5.41, 5.74) is 3.80. The molecule has 1 aliphatic heterocycles. The van der Waals surface area contributed by atoms with Crippen LogP contribution in [-0.4, -0.2) is 22.5 Å². The van der Waals surface area contributed by atoms with Gasteiger partial charge in [0.15, 0.2) is 5.11 Å². The summed E-state index contributed by atoms with van der Waals surface area (Å²) in [5.74, 6) is 0.720. The zero-order valence-electron chi connectivity index (χ0n) is 15.0. The van der Waals surface area contributed by atoms with E-state index in [1.807, 2.05) is 37.3 Å². The number of thiocarbonyl (C=S) groups is 1. The monoisotopic (exact) mass is 366 g/mol. The van der Waals surface area contributed by atoms with Crippen molar-refractivity contribution in [1.82, 2.24) is 10.2 Å². The van der Waals surface area contributed by atoms with E-state index < -0.39 is 0 Å². The Bertz CT molecular complexity index is 826. The first-order valence-corrected chi connectivity index (χ1v) is 9.10. The standard InChI is InChI=1S/C21H22N2O2S/c1-3-12-23-20(24)19(22-21(23)26)13-16-8-10-18(11-9-16)25-14-17-6-4-15(2)5-7-17/h4-11,13H,3,12,14H2,1-2H3,(H,22,26)/b19-13-. The molecule has 0 spiro atoms. The smallest absolute Gasteiger partial charge is 0.276 e. The molecule has 134 valence electrons. The van der Waals surface area contributed by atoms with Crippen LogP contribution in [0.3, 0.4) is 0 Å². The Labute approximate surface area is 159 Å². The maximum absolute atomic E-state index is 12.3. The van der Waals surface area contributed by atoms with Gasteiger partial charge in [-0.2, -0.15) is 0 Å². The zero-order chi connectivity index (χ0) is 18.5. The third-order valence-electron chi connectivity index (χ3n) is 4.13. The molecule has 1 saturated heterocycles. The Morgan fingerprint density at radius 3 is 2.46 bits per heavy atom. The van der Waals surface area contributed by atoms with E-state index in [1.165, 1.54) is 5.56 Å². The molecule has 1 fully saturated rings. The fourth-order valence-corrected chi connectivity index (χ4v) is 2.96. The number of aryl methyl sites for hydroxylation is 1. The van der Waals surface area contributed by atoms with E-state index in [1.54, 1.807) is 4.90 Å². The molecule has 5 heteroatoms. The van der Waals surface area contributed by atoms with Crippen molar-refractivity contribution in [3.63, 3.8) is 0 Å². The minimum Gasteiger partial charge on any atom is -0.489 e. The van der Waals surface area contributed by atoms with Crippen LogP contribution in [-0.2, 0) is 11.4 Å². The van der Waals surface area contributed by atoms with Crippen molar-refractivity contribution in [2.75, 3.05) is 6.54 Å². The van der Waals surface area contributed by atoms with E-state index in [4.69, 9.17) is 17.0 Å². The molecule has 4 nitrogen and oxygen atoms in total. The van der Waals surface area contributed by atoms with Gasteiger partial charge in [-0.1, -0.05) is 48.9 Å². The summed E-state index contributed by atoms with van der Waals surface area (Å²) in [6.45, 7) is 5.25. The zero-order valence-corrected chi connectivity index (χ0v) is 15.8. The van der Waals surface area contributed by atoms with Gasteiger partial charge in [0.1, 0.15) is 18.1 Å². The van der Waals surface area contributed by atoms with Gasteiger partial charge >= 0.3 is 0 Å². The molecule has 2 aromatic carbocycles. The summed E-state index contributed by atoms with van der Waals surface area (Å²) in [7, 11) is 0. The van der Waals surface area contributed by atoms with Gasteiger partial charge in [0.2, 0.25) is 0 Å². The number of amides is 1. The van der Waals surface area contributed by atoms with Gasteiger partial charge < -0.3 is 10.1 Å². The summed E-state index contributed by atoms with van der Waals surface area (Å²) in [5, 5.41) is 3.46. The van der Waals surface area contributed by atoms with Crippen molar-refractivity contribution in [2.24, 2.45) is 0 Å². The molecule has 0 radical (unpaired) electrons. The summed E-state index contributed by atoms with van der Waals surface area (Å²) >= 11 is 5.22. The first-order chi connectivity index (χ1) is 12.6. The highest BCUT2D eigenvalue weighted by molar-refractivity contribution is 7.80. The molecule has 0 bridgehead atoms. The lowest BCUT2D eigenvalue weighted by atomic mass is 10.1. The second-order valence-corrected chi connectivity index (χ2v) is 6.67. The van der Waals surface area contributed by atoms with E-state index in [0.29, 0.717) is 24.0 Å². The number of hydrogen-bond acceptors (Lipinski definition) is 3. The van der Waals surface area contributed by atoms with Crippen LogP contribution in [0.4, 0.5) is 0 Å². The first-order valence-electron chi connectivity index (χ1n) is 8.70. The molecule has 0 unspecified atom stereocenters. The number of rotatable bonds is 6.